The molecule has 0 radical (unpaired) electrons. The topological polar surface area (TPSA) is 90.0 Å². The number of hydrogen-bond acceptors (Lipinski definition) is 6. The second-order valence-corrected chi connectivity index (χ2v) is 9.26. The van der Waals surface area contributed by atoms with Gasteiger partial charge < -0.3 is 20.1 Å². The molecule has 172 valence electrons. The maximum absolute atomic E-state index is 11.8. The highest BCUT2D eigenvalue weighted by molar-refractivity contribution is 6.33. The molecule has 2 fully saturated rings. The summed E-state index contributed by atoms with van der Waals surface area (Å²) < 4.78 is 0. The number of H-pyrrole nitrogens is 1. The van der Waals surface area contributed by atoms with Gasteiger partial charge in [0, 0.05) is 62.1 Å². The van der Waals surface area contributed by atoms with Crippen molar-refractivity contribution in [3.05, 3.63) is 48.4 Å². The lowest BCUT2D eigenvalue weighted by molar-refractivity contribution is -0.127. The number of aromatic amines is 1. The van der Waals surface area contributed by atoms with E-state index in [1.54, 1.807) is 12.4 Å². The van der Waals surface area contributed by atoms with Crippen LogP contribution in [0.15, 0.2) is 43.4 Å². The number of fused-ring (bicyclic) bond motifs is 1. The molecule has 5 heterocycles. The molecule has 5 rings (SSSR count). The van der Waals surface area contributed by atoms with Gasteiger partial charge in [-0.2, -0.15) is 0 Å². The highest BCUT2D eigenvalue weighted by Crippen LogP contribution is 2.32. The van der Waals surface area contributed by atoms with Crippen molar-refractivity contribution in [1.29, 1.82) is 0 Å². The number of nitrogens with zero attached hydrogens (tertiary/aromatic N) is 5. The Bertz CT molecular complexity index is 1150. The largest absolute Gasteiger partial charge is 0.350 e. The summed E-state index contributed by atoms with van der Waals surface area (Å²) in [6, 6.07) is 4.21. The standard InChI is InChI=1S/C24H28ClN7O/c1-2-21(33)32-10-5-16(6-11-32)14-31-9-7-17(15-31)29-24-28-13-20(25)22(30-24)19-12-27-23-18(19)4-3-8-26-23/h2-4,8,12-13,16-17H,1,5-7,9-11,14-15H2,(H,26,27)(H,28,29,30)/t17-/m1/s1. The van der Waals surface area contributed by atoms with Crippen LogP contribution in [-0.4, -0.2) is 74.4 Å². The fourth-order valence-electron chi connectivity index (χ4n) is 4.91. The van der Waals surface area contributed by atoms with Crippen molar-refractivity contribution < 1.29 is 4.79 Å². The molecule has 2 aliphatic rings. The van der Waals surface area contributed by atoms with Gasteiger partial charge in [0.1, 0.15) is 5.65 Å². The second-order valence-electron chi connectivity index (χ2n) is 8.85. The van der Waals surface area contributed by atoms with Crippen molar-refractivity contribution >= 4 is 34.5 Å². The van der Waals surface area contributed by atoms with Crippen LogP contribution in [0.25, 0.3) is 22.3 Å². The van der Waals surface area contributed by atoms with Crippen molar-refractivity contribution in [2.75, 3.05) is 38.0 Å². The van der Waals surface area contributed by atoms with E-state index in [-0.39, 0.29) is 5.91 Å². The zero-order chi connectivity index (χ0) is 22.8. The number of rotatable bonds is 6. The Hall–Kier alpha value is -2.97. The van der Waals surface area contributed by atoms with E-state index < -0.39 is 0 Å². The van der Waals surface area contributed by atoms with Crippen molar-refractivity contribution in [3.63, 3.8) is 0 Å². The Morgan fingerprint density at radius 2 is 2.12 bits per heavy atom. The summed E-state index contributed by atoms with van der Waals surface area (Å²) in [6.45, 7) is 8.34. The molecule has 2 aliphatic heterocycles. The van der Waals surface area contributed by atoms with E-state index in [0.717, 1.165) is 68.6 Å². The number of pyridine rings is 1. The third-order valence-electron chi connectivity index (χ3n) is 6.67. The van der Waals surface area contributed by atoms with E-state index in [1.165, 1.54) is 6.08 Å². The number of halogens is 1. The van der Waals surface area contributed by atoms with Gasteiger partial charge in [-0.15, -0.1) is 0 Å². The number of piperidine rings is 1. The molecule has 33 heavy (non-hydrogen) atoms. The predicted molar refractivity (Wildman–Crippen MR) is 130 cm³/mol. The molecular weight excluding hydrogens is 438 g/mol. The highest BCUT2D eigenvalue weighted by atomic mass is 35.5. The number of nitrogens with one attached hydrogen (secondary N) is 2. The van der Waals surface area contributed by atoms with Gasteiger partial charge in [-0.25, -0.2) is 15.0 Å². The van der Waals surface area contributed by atoms with Crippen LogP contribution in [0.2, 0.25) is 5.02 Å². The van der Waals surface area contributed by atoms with E-state index in [4.69, 9.17) is 16.6 Å². The Morgan fingerprint density at radius 3 is 2.94 bits per heavy atom. The zero-order valence-corrected chi connectivity index (χ0v) is 19.3. The van der Waals surface area contributed by atoms with Gasteiger partial charge in [-0.3, -0.25) is 4.79 Å². The lowest BCUT2D eigenvalue weighted by Crippen LogP contribution is -2.41. The Balaban J connectivity index is 1.19. The van der Waals surface area contributed by atoms with Crippen LogP contribution in [0.5, 0.6) is 0 Å². The molecule has 0 unspecified atom stereocenters. The van der Waals surface area contributed by atoms with E-state index in [1.807, 2.05) is 23.2 Å². The third-order valence-corrected chi connectivity index (χ3v) is 6.95. The molecular formula is C24H28ClN7O. The number of amides is 1. The summed E-state index contributed by atoms with van der Waals surface area (Å²) in [4.78, 5) is 32.9. The maximum atomic E-state index is 11.8. The molecule has 0 spiro atoms. The highest BCUT2D eigenvalue weighted by Gasteiger charge is 2.28. The van der Waals surface area contributed by atoms with Gasteiger partial charge in [0.15, 0.2) is 0 Å². The maximum Gasteiger partial charge on any atom is 0.245 e. The monoisotopic (exact) mass is 465 g/mol. The number of hydrogen-bond donors (Lipinski definition) is 2. The first kappa shape index (κ1) is 21.9. The Kier molecular flexibility index (Phi) is 6.28. The lowest BCUT2D eigenvalue weighted by atomic mass is 9.96. The van der Waals surface area contributed by atoms with Gasteiger partial charge in [-0.1, -0.05) is 18.2 Å². The average Bonchev–Trinajstić information content (AvgIpc) is 3.47. The fourth-order valence-corrected chi connectivity index (χ4v) is 5.10. The van der Waals surface area contributed by atoms with Crippen LogP contribution in [0.3, 0.4) is 0 Å². The van der Waals surface area contributed by atoms with Crippen molar-refractivity contribution in [1.82, 2.24) is 29.7 Å². The minimum Gasteiger partial charge on any atom is -0.350 e. The van der Waals surface area contributed by atoms with E-state index in [2.05, 4.69) is 31.7 Å². The molecule has 1 atom stereocenters. The van der Waals surface area contributed by atoms with Gasteiger partial charge in [0.05, 0.1) is 16.9 Å². The minimum absolute atomic E-state index is 0.0464. The van der Waals surface area contributed by atoms with Crippen LogP contribution in [0.4, 0.5) is 5.95 Å². The summed E-state index contributed by atoms with van der Waals surface area (Å²) in [7, 11) is 0. The van der Waals surface area contributed by atoms with Crippen molar-refractivity contribution in [2.45, 2.75) is 25.3 Å². The predicted octanol–water partition coefficient (Wildman–Crippen LogP) is 3.58. The van der Waals surface area contributed by atoms with E-state index >= 15 is 0 Å². The average molecular weight is 466 g/mol. The normalized spacial score (nSPS) is 19.8. The summed E-state index contributed by atoms with van der Waals surface area (Å²) in [5, 5.41) is 5.00. The van der Waals surface area contributed by atoms with Gasteiger partial charge >= 0.3 is 0 Å². The van der Waals surface area contributed by atoms with Gasteiger partial charge in [0.25, 0.3) is 0 Å². The molecule has 9 heteroatoms. The first-order valence-electron chi connectivity index (χ1n) is 11.5. The summed E-state index contributed by atoms with van der Waals surface area (Å²) in [5.41, 5.74) is 2.43. The molecule has 0 aromatic carbocycles. The SMILES string of the molecule is C=CC(=O)N1CCC(CN2CC[C@@H](Nc3ncc(Cl)c(-c4c[nH]c5ncccc45)n3)C2)CC1. The molecule has 0 saturated carbocycles. The number of carbonyl (C=O) groups is 1. The number of carbonyl (C=O) groups excluding carboxylic acids is 1. The van der Waals surface area contributed by atoms with Crippen LogP contribution in [0, 0.1) is 5.92 Å². The quantitative estimate of drug-likeness (QED) is 0.541. The second kappa shape index (κ2) is 9.49. The molecule has 3 aromatic heterocycles. The lowest BCUT2D eigenvalue weighted by Gasteiger charge is -2.33. The van der Waals surface area contributed by atoms with Crippen molar-refractivity contribution in [2.24, 2.45) is 5.92 Å². The summed E-state index contributed by atoms with van der Waals surface area (Å²) in [6.07, 6.45) is 9.87. The molecule has 0 bridgehead atoms. The first-order valence-corrected chi connectivity index (χ1v) is 11.8. The molecule has 2 saturated heterocycles. The van der Waals surface area contributed by atoms with Crippen LogP contribution in [-0.2, 0) is 4.79 Å². The molecule has 0 aliphatic carbocycles. The fraction of sp³-hybridized carbons (Fsp3) is 0.417. The molecule has 1 amide bonds. The van der Waals surface area contributed by atoms with Crippen LogP contribution >= 0.6 is 11.6 Å². The van der Waals surface area contributed by atoms with E-state index in [0.29, 0.717) is 28.6 Å². The summed E-state index contributed by atoms with van der Waals surface area (Å²) >= 11 is 6.45. The summed E-state index contributed by atoms with van der Waals surface area (Å²) in [5.74, 6) is 1.27. The Labute approximate surface area is 198 Å². The first-order chi connectivity index (χ1) is 16.1. The smallest absolute Gasteiger partial charge is 0.245 e. The van der Waals surface area contributed by atoms with Gasteiger partial charge in [-0.05, 0) is 43.4 Å². The number of aromatic nitrogens is 4. The van der Waals surface area contributed by atoms with Crippen LogP contribution < -0.4 is 5.32 Å². The Morgan fingerprint density at radius 1 is 1.27 bits per heavy atom. The molecule has 8 nitrogen and oxygen atoms in total. The zero-order valence-electron chi connectivity index (χ0n) is 18.5. The molecule has 2 N–H and O–H groups in total. The van der Waals surface area contributed by atoms with Gasteiger partial charge in [0.2, 0.25) is 11.9 Å². The van der Waals surface area contributed by atoms with Crippen LogP contribution in [0.1, 0.15) is 19.3 Å². The number of likely N-dealkylation sites (tertiary alicyclic amines) is 2. The van der Waals surface area contributed by atoms with E-state index in [9.17, 15) is 4.79 Å². The molecule has 3 aromatic rings. The number of anilines is 1. The third kappa shape index (κ3) is 4.72. The van der Waals surface area contributed by atoms with Crippen molar-refractivity contribution in [3.8, 4) is 11.3 Å². The minimum atomic E-state index is 0.0464.